The Hall–Kier alpha value is -7.82. The van der Waals surface area contributed by atoms with Crippen LogP contribution in [0.5, 0.6) is 0 Å². The fraction of sp³-hybridized carbons (Fsp3) is 0.0690. The van der Waals surface area contributed by atoms with Gasteiger partial charge in [-0.15, -0.1) is 0 Å². The van der Waals surface area contributed by atoms with Crippen molar-refractivity contribution in [2.45, 2.75) is 19.4 Å². The molecule has 1 aliphatic rings. The largest absolute Gasteiger partial charge is 0.456 e. The van der Waals surface area contributed by atoms with E-state index in [2.05, 4.69) is 207 Å². The van der Waals surface area contributed by atoms with Gasteiger partial charge in [-0.05, 0) is 127 Å². The van der Waals surface area contributed by atoms with Crippen LogP contribution in [0.4, 0.5) is 0 Å². The predicted molar refractivity (Wildman–Crippen MR) is 261 cm³/mol. The molecule has 0 saturated carbocycles. The van der Waals surface area contributed by atoms with Gasteiger partial charge in [-0.1, -0.05) is 158 Å². The van der Waals surface area contributed by atoms with Gasteiger partial charge in [0.05, 0.1) is 6.04 Å². The maximum Gasteiger partial charge on any atom is 0.157 e. The fourth-order valence-corrected chi connectivity index (χ4v) is 8.97. The number of furan rings is 1. The van der Waals surface area contributed by atoms with Gasteiger partial charge in [-0.3, -0.25) is 4.99 Å². The number of benzene rings is 9. The molecule has 10 aromatic rings. The summed E-state index contributed by atoms with van der Waals surface area (Å²) >= 11 is 0. The molecule has 1 heterocycles. The van der Waals surface area contributed by atoms with E-state index in [-0.39, 0.29) is 12.0 Å². The summed E-state index contributed by atoms with van der Waals surface area (Å²) in [5.74, 6) is 1.30. The smallest absolute Gasteiger partial charge is 0.157 e. The zero-order chi connectivity index (χ0) is 41.6. The van der Waals surface area contributed by atoms with Gasteiger partial charge in [0, 0.05) is 27.8 Å². The van der Waals surface area contributed by atoms with Gasteiger partial charge in [0.15, 0.2) is 5.84 Å². The zero-order valence-corrected chi connectivity index (χ0v) is 34.4. The van der Waals surface area contributed by atoms with E-state index in [1.165, 1.54) is 26.6 Å². The van der Waals surface area contributed by atoms with Crippen molar-refractivity contribution in [1.82, 2.24) is 0 Å². The average molecular weight is 798 g/mol. The van der Waals surface area contributed by atoms with Crippen LogP contribution < -0.4 is 16.2 Å². The van der Waals surface area contributed by atoms with Crippen LogP contribution in [-0.4, -0.2) is 17.7 Å². The third kappa shape index (κ3) is 7.16. The molecule has 9 aromatic carbocycles. The minimum atomic E-state index is -0.0145. The molecule has 0 aliphatic heterocycles. The Labute approximate surface area is 360 Å². The Morgan fingerprint density at radius 1 is 0.500 bits per heavy atom. The van der Waals surface area contributed by atoms with E-state index >= 15 is 0 Å². The van der Waals surface area contributed by atoms with Gasteiger partial charge in [0.2, 0.25) is 0 Å². The second-order valence-electron chi connectivity index (χ2n) is 16.4. The van der Waals surface area contributed by atoms with Crippen LogP contribution in [0.25, 0.3) is 89.0 Å². The Balaban J connectivity index is 0.907. The van der Waals surface area contributed by atoms with Crippen LogP contribution in [0.3, 0.4) is 0 Å². The van der Waals surface area contributed by atoms with Gasteiger partial charge in [0.25, 0.3) is 0 Å². The maximum atomic E-state index is 6.94. The van der Waals surface area contributed by atoms with Crippen LogP contribution in [0.2, 0.25) is 0 Å². The van der Waals surface area contributed by atoms with Gasteiger partial charge in [-0.25, -0.2) is 4.99 Å². The number of fused-ring (bicyclic) bond motifs is 6. The molecular weight excluding hydrogens is 755 g/mol. The fourth-order valence-electron chi connectivity index (χ4n) is 8.97. The van der Waals surface area contributed by atoms with Crippen LogP contribution >= 0.6 is 0 Å². The van der Waals surface area contributed by atoms with Crippen molar-refractivity contribution in [2.24, 2.45) is 21.6 Å². The first kappa shape index (κ1) is 37.2. The van der Waals surface area contributed by atoms with Gasteiger partial charge in [0.1, 0.15) is 17.0 Å². The van der Waals surface area contributed by atoms with E-state index in [0.717, 1.165) is 78.3 Å². The van der Waals surface area contributed by atoms with E-state index in [4.69, 9.17) is 20.1 Å². The standard InChI is InChI=1S/C58H43N3O/c1-37(40-25-23-38-11-2-4-13-41(38)29-40)60-58(52-26-24-39-12-3-5-14-42(39)33-52)61-57(59)51-22-10-21-47(32-51)45-19-8-17-43(30-45)44-18-9-20-46(31-44)50-27-28-55-53(35-50)54-34-48-15-6-7-16-49(48)36-56(54)62-55/h2-24,26-37,40H,25H2,1H3,(H2,59,60,61). The van der Waals surface area contributed by atoms with Crippen molar-refractivity contribution >= 4 is 67.3 Å². The third-order valence-corrected chi connectivity index (χ3v) is 12.4. The predicted octanol–water partition coefficient (Wildman–Crippen LogP) is 12.7. The topological polar surface area (TPSA) is 63.9 Å². The van der Waals surface area contributed by atoms with E-state index in [1.54, 1.807) is 0 Å². The number of nitrogens with two attached hydrogens (primary N) is 1. The molecule has 0 amide bonds. The van der Waals surface area contributed by atoms with E-state index < -0.39 is 0 Å². The minimum absolute atomic E-state index is 0.0145. The summed E-state index contributed by atoms with van der Waals surface area (Å²) in [6.07, 6.45) is 5.60. The highest BCUT2D eigenvalue weighted by atomic mass is 16.3. The maximum absolute atomic E-state index is 6.94. The summed E-state index contributed by atoms with van der Waals surface area (Å²) in [6, 6.07) is 68.5. The lowest BCUT2D eigenvalue weighted by Crippen LogP contribution is -2.31. The molecule has 0 spiro atoms. The second kappa shape index (κ2) is 15.7. The number of rotatable bonds is 7. The lowest BCUT2D eigenvalue weighted by molar-refractivity contribution is 0.576. The van der Waals surface area contributed by atoms with Crippen molar-refractivity contribution in [3.05, 3.63) is 216 Å². The molecule has 2 unspecified atom stereocenters. The molecular formula is C58H43N3O. The van der Waals surface area contributed by atoms with Gasteiger partial charge < -0.3 is 10.2 Å². The van der Waals surface area contributed by atoms with E-state index in [9.17, 15) is 0 Å². The van der Waals surface area contributed by atoms with Gasteiger partial charge >= 0.3 is 0 Å². The molecule has 296 valence electrons. The molecule has 1 aliphatic carbocycles. The number of aliphatic imine (C=N–C) groups is 2. The van der Waals surface area contributed by atoms with E-state index in [0.29, 0.717) is 11.7 Å². The van der Waals surface area contributed by atoms with Gasteiger partial charge in [-0.2, -0.15) is 0 Å². The molecule has 4 heteroatoms. The van der Waals surface area contributed by atoms with Crippen LogP contribution in [-0.2, 0) is 0 Å². The molecule has 62 heavy (non-hydrogen) atoms. The third-order valence-electron chi connectivity index (χ3n) is 12.4. The van der Waals surface area contributed by atoms with Crippen molar-refractivity contribution in [3.8, 4) is 33.4 Å². The molecule has 0 radical (unpaired) electrons. The molecule has 4 nitrogen and oxygen atoms in total. The van der Waals surface area contributed by atoms with Crippen LogP contribution in [0.15, 0.2) is 209 Å². The summed E-state index contributed by atoms with van der Waals surface area (Å²) < 4.78 is 6.30. The summed E-state index contributed by atoms with van der Waals surface area (Å²) in [6.45, 7) is 2.18. The number of nitrogens with zero attached hydrogens (tertiary/aromatic N) is 2. The first-order valence-corrected chi connectivity index (χ1v) is 21.3. The van der Waals surface area contributed by atoms with Crippen LogP contribution in [0, 0.1) is 5.92 Å². The second-order valence-corrected chi connectivity index (χ2v) is 16.4. The Morgan fingerprint density at radius 3 is 1.81 bits per heavy atom. The number of amidine groups is 2. The normalized spacial score (nSPS) is 14.8. The summed E-state index contributed by atoms with van der Waals surface area (Å²) in [5.41, 5.74) is 17.3. The van der Waals surface area contributed by atoms with Crippen molar-refractivity contribution in [1.29, 1.82) is 0 Å². The molecule has 2 N–H and O–H groups in total. The zero-order valence-electron chi connectivity index (χ0n) is 34.4. The Kier molecular flexibility index (Phi) is 9.39. The highest BCUT2D eigenvalue weighted by Gasteiger charge is 2.18. The summed E-state index contributed by atoms with van der Waals surface area (Å²) in [7, 11) is 0. The van der Waals surface area contributed by atoms with Crippen LogP contribution in [0.1, 0.15) is 24.5 Å². The highest BCUT2D eigenvalue weighted by Crippen LogP contribution is 2.36. The molecule has 2 atom stereocenters. The number of hydrogen-bond acceptors (Lipinski definition) is 2. The molecule has 1 aromatic heterocycles. The quantitative estimate of drug-likeness (QED) is 0.129. The molecule has 0 fully saturated rings. The van der Waals surface area contributed by atoms with E-state index in [1.807, 2.05) is 6.07 Å². The van der Waals surface area contributed by atoms with Crippen molar-refractivity contribution in [2.75, 3.05) is 0 Å². The molecule has 0 bridgehead atoms. The minimum Gasteiger partial charge on any atom is -0.456 e. The van der Waals surface area contributed by atoms with Crippen molar-refractivity contribution in [3.63, 3.8) is 0 Å². The molecule has 11 rings (SSSR count). The summed E-state index contributed by atoms with van der Waals surface area (Å²) in [4.78, 5) is 10.4. The van der Waals surface area contributed by atoms with Crippen molar-refractivity contribution < 1.29 is 4.42 Å². The summed E-state index contributed by atoms with van der Waals surface area (Å²) in [5, 5.41) is 9.49. The SMILES string of the molecule is CC(N=C(N=C(N)c1cccc(-c2cccc(-c3cccc(-c4ccc5oc6cc7ccccc7cc6c5c4)c3)c2)c1)c1ccc2ccccc2c1)C1C=c2ccccc2=CC1. The highest BCUT2D eigenvalue weighted by molar-refractivity contribution is 6.13. The number of hydrogen-bond donors (Lipinski definition) is 1. The molecule has 0 saturated heterocycles. The monoisotopic (exact) mass is 797 g/mol. The first-order chi connectivity index (χ1) is 30.5. The Morgan fingerprint density at radius 2 is 1.08 bits per heavy atom. The lowest BCUT2D eigenvalue weighted by Gasteiger charge is -2.19. The average Bonchev–Trinajstić information content (AvgIpc) is 3.69. The Bertz CT molecular complexity index is 3560. The first-order valence-electron chi connectivity index (χ1n) is 21.3. The lowest BCUT2D eigenvalue weighted by atomic mass is 9.92.